The van der Waals surface area contributed by atoms with Crippen LogP contribution in [0.15, 0.2) is 50.4 Å². The summed E-state index contributed by atoms with van der Waals surface area (Å²) >= 11 is 8.19. The molecule has 11 N–H and O–H groups in total. The van der Waals surface area contributed by atoms with E-state index in [-0.39, 0.29) is 64.4 Å². The fourth-order valence-corrected chi connectivity index (χ4v) is 7.19. The molecule has 3 atom stereocenters. The number of carboxylic acids is 2. The number of carboxylic acid groups (broad SMARTS) is 2. The van der Waals surface area contributed by atoms with Crippen LogP contribution in [0, 0.1) is 0 Å². The van der Waals surface area contributed by atoms with E-state index in [1.165, 1.54) is 18.7 Å². The zero-order valence-electron chi connectivity index (χ0n) is 26.8. The number of anilines is 1. The average Bonchev–Trinajstić information content (AvgIpc) is 3.44. The highest BCUT2D eigenvalue weighted by Crippen LogP contribution is 2.40. The van der Waals surface area contributed by atoms with E-state index in [1.807, 2.05) is 0 Å². The van der Waals surface area contributed by atoms with Crippen LogP contribution in [-0.4, -0.2) is 126 Å². The third kappa shape index (κ3) is 8.05. The average molecular weight is 780 g/mol. The second-order valence-corrected chi connectivity index (χ2v) is 13.8. The van der Waals surface area contributed by atoms with Crippen molar-refractivity contribution in [2.24, 2.45) is 15.9 Å². The number of hydrogen-bond acceptors (Lipinski definition) is 17. The van der Waals surface area contributed by atoms with E-state index in [2.05, 4.69) is 36.1 Å². The van der Waals surface area contributed by atoms with Crippen molar-refractivity contribution >= 4 is 81.0 Å². The van der Waals surface area contributed by atoms with Gasteiger partial charge in [-0.3, -0.25) is 24.1 Å². The highest BCUT2D eigenvalue weighted by molar-refractivity contribution is 8.00. The van der Waals surface area contributed by atoms with Crippen LogP contribution in [0.2, 0.25) is 4.34 Å². The molecule has 0 radical (unpaired) electrons. The van der Waals surface area contributed by atoms with E-state index in [0.717, 1.165) is 28.5 Å². The smallest absolute Gasteiger partial charge is 0.352 e. The van der Waals surface area contributed by atoms with Crippen molar-refractivity contribution in [3.63, 3.8) is 0 Å². The van der Waals surface area contributed by atoms with Gasteiger partial charge in [0.15, 0.2) is 16.6 Å². The van der Waals surface area contributed by atoms with Gasteiger partial charge in [-0.1, -0.05) is 28.1 Å². The van der Waals surface area contributed by atoms with Gasteiger partial charge >= 0.3 is 11.9 Å². The number of carbonyl (C=O) groups excluding carboxylic acids is 3. The van der Waals surface area contributed by atoms with Crippen molar-refractivity contribution in [2.75, 3.05) is 37.8 Å². The number of thioether (sulfide) groups is 1. The van der Waals surface area contributed by atoms with Gasteiger partial charge in [-0.05, 0) is 12.5 Å². The number of nitrogen functional groups attached to an aromatic ring is 1. The molecule has 5 heterocycles. The molecule has 5 rings (SSSR count). The monoisotopic (exact) mass is 779 g/mol. The number of H-pyrrole nitrogens is 1. The first kappa shape index (κ1) is 37.4. The molecule has 0 spiro atoms. The number of hydrogen-bond donors (Lipinski definition) is 9. The number of nitrogens with one attached hydrogen (secondary N) is 4. The fraction of sp³-hybridized carbons (Fsp3) is 0.321. The quantitative estimate of drug-likeness (QED) is 0.0442. The molecule has 3 aliphatic rings. The summed E-state index contributed by atoms with van der Waals surface area (Å²) in [6, 6.07) is -0.222. The number of fused-ring (bicyclic) bond motifs is 1. The number of carbonyl (C=O) groups is 5. The summed E-state index contributed by atoms with van der Waals surface area (Å²) in [5.74, 6) is -5.21. The molecule has 0 saturated carbocycles. The van der Waals surface area contributed by atoms with E-state index in [1.54, 1.807) is 11.1 Å². The van der Waals surface area contributed by atoms with Gasteiger partial charge in [0.25, 0.3) is 17.7 Å². The van der Waals surface area contributed by atoms with E-state index in [0.29, 0.717) is 11.3 Å². The van der Waals surface area contributed by atoms with Crippen LogP contribution < -0.4 is 32.8 Å². The zero-order valence-corrected chi connectivity index (χ0v) is 29.2. The number of pyridine rings is 1. The molecule has 21 nitrogen and oxygen atoms in total. The number of aliphatic imine (C=N–C) groups is 1. The number of thiazole rings is 1. The van der Waals surface area contributed by atoms with Gasteiger partial charge in [0.1, 0.15) is 45.3 Å². The van der Waals surface area contributed by atoms with Crippen molar-refractivity contribution in [1.82, 2.24) is 35.7 Å². The Labute approximate surface area is 305 Å². The molecule has 0 aromatic carbocycles. The molecule has 3 amide bonds. The first-order valence-corrected chi connectivity index (χ1v) is 17.2. The van der Waals surface area contributed by atoms with Gasteiger partial charge < -0.3 is 57.5 Å². The van der Waals surface area contributed by atoms with Gasteiger partial charge in [0.2, 0.25) is 11.5 Å². The van der Waals surface area contributed by atoms with E-state index in [9.17, 15) is 39.0 Å². The number of aromatic nitrogens is 2. The van der Waals surface area contributed by atoms with Crippen LogP contribution in [0.25, 0.3) is 0 Å². The van der Waals surface area contributed by atoms with Crippen molar-refractivity contribution in [2.45, 2.75) is 24.4 Å². The Hall–Kier alpha value is -5.81. The van der Waals surface area contributed by atoms with Crippen LogP contribution in [0.1, 0.15) is 23.1 Å². The summed E-state index contributed by atoms with van der Waals surface area (Å²) in [4.78, 5) is 92.6. The third-order valence-electron chi connectivity index (χ3n) is 7.50. The molecule has 2 aromatic rings. The maximum absolute atomic E-state index is 13.3. The molecule has 0 bridgehead atoms. The van der Waals surface area contributed by atoms with Crippen molar-refractivity contribution in [3.05, 3.63) is 61.4 Å². The maximum Gasteiger partial charge on any atom is 0.352 e. The summed E-state index contributed by atoms with van der Waals surface area (Å²) in [6.45, 7) is 1.61. The third-order valence-corrected chi connectivity index (χ3v) is 9.92. The number of aliphatic carboxylic acids is 2. The Morgan fingerprint density at radius 3 is 2.63 bits per heavy atom. The van der Waals surface area contributed by atoms with Gasteiger partial charge in [0, 0.05) is 43.9 Å². The topological polar surface area (TPSA) is 320 Å². The van der Waals surface area contributed by atoms with Crippen molar-refractivity contribution in [1.29, 1.82) is 0 Å². The number of β-lactam (4-membered cyclic amide) rings is 1. The minimum atomic E-state index is -1.45. The number of nitrogens with zero attached hydrogens (tertiary/aromatic N) is 5. The highest BCUT2D eigenvalue weighted by atomic mass is 35.5. The molecule has 24 heteroatoms. The lowest BCUT2D eigenvalue weighted by molar-refractivity contribution is -0.150. The maximum atomic E-state index is 13.3. The minimum Gasteiger partial charge on any atom is -0.503 e. The first-order chi connectivity index (χ1) is 24.7. The molecule has 2 aromatic heterocycles. The predicted molar refractivity (Wildman–Crippen MR) is 186 cm³/mol. The molecule has 0 aliphatic carbocycles. The van der Waals surface area contributed by atoms with Gasteiger partial charge in [-0.15, -0.1) is 11.8 Å². The van der Waals surface area contributed by atoms with Crippen molar-refractivity contribution in [3.8, 4) is 5.75 Å². The first-order valence-electron chi connectivity index (χ1n) is 15.0. The number of halogens is 1. The van der Waals surface area contributed by atoms with Crippen LogP contribution in [0.3, 0.4) is 0 Å². The lowest BCUT2D eigenvalue weighted by atomic mass is 10.0. The zero-order chi connectivity index (χ0) is 37.9. The Balaban J connectivity index is 1.23. The van der Waals surface area contributed by atoms with Crippen molar-refractivity contribution < 1.29 is 44.1 Å². The largest absolute Gasteiger partial charge is 0.503 e. The van der Waals surface area contributed by atoms with Crippen LogP contribution in [0.4, 0.5) is 5.13 Å². The number of aromatic amines is 1. The summed E-state index contributed by atoms with van der Waals surface area (Å²) in [5.41, 5.74) is 10.8. The Morgan fingerprint density at radius 1 is 1.23 bits per heavy atom. The number of amidine groups is 1. The number of rotatable bonds is 14. The van der Waals surface area contributed by atoms with Crippen LogP contribution in [-0.2, 0) is 24.0 Å². The number of amides is 3. The summed E-state index contributed by atoms with van der Waals surface area (Å²) in [5, 5.41) is 39.6. The SMILES string of the molecule is C[C@H](O/N=C(\C(=O)N[C@@H]1C(=O)N2C(C(=O)O)=C(CN3C=C(NCCNC(=O)c4cc(=O)c(O)c[nH]4)C(N)=NC3)CSC12)c1nc(N)sc1Cl)C(=O)O. The standard InChI is InChI=1S/C28H30ClN11O10S2/c1-10(26(46)47)50-38-17(16-20(29)52-28(31)37-16)23(44)36-18-24(45)40-19(27(48)49)11(8-51-25(18)40)6-39-7-13(21(30)35-9-39)32-2-3-33-22(43)12-4-14(41)15(42)5-34-12/h4-5,7,10,18,25,32,42H,2-3,6,8-9H2,1H3,(H2,30,35)(H2,31,37)(H,33,43)(H,34,41)(H,36,44)(H,46,47)(H,48,49)/b38-17-/t10-,18+,25?/m0/s1. The molecule has 276 valence electrons. The molecule has 1 fully saturated rings. The lowest BCUT2D eigenvalue weighted by Gasteiger charge is -2.49. The molecular formula is C28H30ClN11O10S2. The number of aromatic hydroxyl groups is 1. The Morgan fingerprint density at radius 2 is 1.98 bits per heavy atom. The molecule has 3 aliphatic heterocycles. The van der Waals surface area contributed by atoms with E-state index >= 15 is 0 Å². The minimum absolute atomic E-state index is 0.0147. The second kappa shape index (κ2) is 15.6. The summed E-state index contributed by atoms with van der Waals surface area (Å²) in [7, 11) is 0. The summed E-state index contributed by atoms with van der Waals surface area (Å²) in [6.07, 6.45) is 1.18. The highest BCUT2D eigenvalue weighted by Gasteiger charge is 2.54. The molecule has 1 unspecified atom stereocenters. The normalized spacial score (nSPS) is 19.1. The van der Waals surface area contributed by atoms with Crippen LogP contribution in [0.5, 0.6) is 5.75 Å². The van der Waals surface area contributed by atoms with E-state index in [4.69, 9.17) is 33.0 Å². The Bertz CT molecular complexity index is 2010. The van der Waals surface area contributed by atoms with Gasteiger partial charge in [-0.2, -0.15) is 0 Å². The van der Waals surface area contributed by atoms with Crippen LogP contribution >= 0.6 is 34.7 Å². The van der Waals surface area contributed by atoms with Gasteiger partial charge in [0.05, 0.1) is 5.70 Å². The molecule has 1 saturated heterocycles. The Kier molecular flexibility index (Phi) is 11.2. The lowest BCUT2D eigenvalue weighted by Crippen LogP contribution is -2.71. The number of oxime groups is 1. The van der Waals surface area contributed by atoms with E-state index < -0.39 is 64.1 Å². The molecular weight excluding hydrogens is 750 g/mol. The predicted octanol–water partition coefficient (Wildman–Crippen LogP) is -1.80. The fourth-order valence-electron chi connectivity index (χ4n) is 4.93. The van der Waals surface area contributed by atoms with Gasteiger partial charge in [-0.25, -0.2) is 19.6 Å². The summed E-state index contributed by atoms with van der Waals surface area (Å²) < 4.78 is -0.0421. The number of nitrogens with two attached hydrogens (primary N) is 2. The molecule has 52 heavy (non-hydrogen) atoms. The second-order valence-electron chi connectivity index (χ2n) is 11.1.